The summed E-state index contributed by atoms with van der Waals surface area (Å²) in [4.78, 5) is 15.3. The first-order valence-corrected chi connectivity index (χ1v) is 10.2. The summed E-state index contributed by atoms with van der Waals surface area (Å²) < 4.78 is 8.45. The predicted octanol–water partition coefficient (Wildman–Crippen LogP) is 1.78. The minimum atomic E-state index is -0.510. The van der Waals surface area contributed by atoms with Crippen molar-refractivity contribution in [2.24, 2.45) is 13.0 Å². The van der Waals surface area contributed by atoms with E-state index < -0.39 is 5.60 Å². The second-order valence-corrected chi connectivity index (χ2v) is 8.42. The van der Waals surface area contributed by atoms with Gasteiger partial charge in [-0.15, -0.1) is 0 Å². The molecule has 1 aromatic carbocycles. The highest BCUT2D eigenvalue weighted by Crippen LogP contribution is 2.49. The number of benzene rings is 1. The number of carbonyl (C=O) groups excluding carboxylic acids is 1. The van der Waals surface area contributed by atoms with E-state index >= 15 is 0 Å². The Morgan fingerprint density at radius 3 is 2.89 bits per heavy atom. The van der Waals surface area contributed by atoms with Crippen LogP contribution in [0.1, 0.15) is 30.9 Å². The molecule has 1 aromatic heterocycles. The maximum Gasteiger partial charge on any atom is 0.224 e. The quantitative estimate of drug-likeness (QED) is 0.824. The first kappa shape index (κ1) is 19.4. The number of aromatic nitrogens is 1. The van der Waals surface area contributed by atoms with E-state index in [0.29, 0.717) is 13.0 Å². The van der Waals surface area contributed by atoms with Gasteiger partial charge in [-0.2, -0.15) is 0 Å². The zero-order valence-electron chi connectivity index (χ0n) is 17.2. The standard InChI is InChI=1S/C22H31N3O3/c1-5-16(13-26)23-21(27)15-10-22(28-4)17-7-6-8-18-20(17)14(11-24(18)2)9-19(22)25(3)12-15/h6-8,11,15-16,19,26H,5,9-10,12-13H2,1-4H3,(H,23,27)/t15-,16+,19-,22+/m1/s1. The average Bonchev–Trinajstić information content (AvgIpc) is 3.03. The average molecular weight is 386 g/mol. The van der Waals surface area contributed by atoms with E-state index in [1.54, 1.807) is 7.11 Å². The number of nitrogens with zero attached hydrogens (tertiary/aromatic N) is 2. The van der Waals surface area contributed by atoms with Crippen molar-refractivity contribution in [3.05, 3.63) is 35.5 Å². The number of ether oxygens (including phenoxy) is 1. The molecule has 2 N–H and O–H groups in total. The maximum atomic E-state index is 13.0. The fraction of sp³-hybridized carbons (Fsp3) is 0.591. The normalized spacial score (nSPS) is 28.2. The second kappa shape index (κ2) is 7.17. The molecule has 6 heteroatoms. The number of piperidine rings is 1. The van der Waals surface area contributed by atoms with Gasteiger partial charge in [0.15, 0.2) is 0 Å². The fourth-order valence-electron chi connectivity index (χ4n) is 5.36. The van der Waals surface area contributed by atoms with E-state index in [0.717, 1.165) is 12.8 Å². The Morgan fingerprint density at radius 1 is 1.43 bits per heavy atom. The number of hydrogen-bond acceptors (Lipinski definition) is 4. The maximum absolute atomic E-state index is 13.0. The number of rotatable bonds is 5. The van der Waals surface area contributed by atoms with Crippen molar-refractivity contribution in [3.8, 4) is 0 Å². The molecule has 152 valence electrons. The highest BCUT2D eigenvalue weighted by molar-refractivity contribution is 5.90. The molecule has 6 nitrogen and oxygen atoms in total. The third-order valence-electron chi connectivity index (χ3n) is 6.89. The smallest absolute Gasteiger partial charge is 0.224 e. The lowest BCUT2D eigenvalue weighted by Crippen LogP contribution is -2.61. The van der Waals surface area contributed by atoms with Crippen molar-refractivity contribution >= 4 is 16.8 Å². The van der Waals surface area contributed by atoms with E-state index in [2.05, 4.69) is 53.3 Å². The van der Waals surface area contributed by atoms with E-state index in [9.17, 15) is 9.90 Å². The molecule has 2 heterocycles. The molecule has 0 radical (unpaired) electrons. The van der Waals surface area contributed by atoms with Gasteiger partial charge in [-0.05, 0) is 43.5 Å². The molecule has 1 amide bonds. The number of likely N-dealkylation sites (N-methyl/N-ethyl adjacent to an activating group) is 1. The molecule has 0 saturated carbocycles. The Balaban J connectivity index is 1.75. The summed E-state index contributed by atoms with van der Waals surface area (Å²) in [6.07, 6.45) is 4.52. The van der Waals surface area contributed by atoms with Crippen molar-refractivity contribution < 1.29 is 14.6 Å². The third-order valence-corrected chi connectivity index (χ3v) is 6.89. The Hall–Kier alpha value is -1.89. The Morgan fingerprint density at radius 2 is 2.21 bits per heavy atom. The van der Waals surface area contributed by atoms with Crippen molar-refractivity contribution in [2.45, 2.75) is 43.9 Å². The van der Waals surface area contributed by atoms with E-state index in [-0.39, 0.29) is 30.5 Å². The second-order valence-electron chi connectivity index (χ2n) is 8.42. The molecule has 4 atom stereocenters. The van der Waals surface area contributed by atoms with Gasteiger partial charge < -0.3 is 19.7 Å². The largest absolute Gasteiger partial charge is 0.394 e. The van der Waals surface area contributed by atoms with Gasteiger partial charge in [0.05, 0.1) is 18.6 Å². The Bertz CT molecular complexity index is 889. The molecular formula is C22H31N3O3. The number of aliphatic hydroxyl groups is 1. The van der Waals surface area contributed by atoms with Gasteiger partial charge in [0.1, 0.15) is 5.60 Å². The number of nitrogens with one attached hydrogen (secondary N) is 1. The molecule has 1 fully saturated rings. The minimum absolute atomic E-state index is 0.00802. The molecule has 2 aromatic rings. The number of aryl methyl sites for hydroxylation is 1. The van der Waals surface area contributed by atoms with Crippen LogP contribution in [0.4, 0.5) is 0 Å². The molecule has 28 heavy (non-hydrogen) atoms. The van der Waals surface area contributed by atoms with E-state index in [4.69, 9.17) is 4.74 Å². The lowest BCUT2D eigenvalue weighted by Gasteiger charge is -2.52. The topological polar surface area (TPSA) is 66.7 Å². The van der Waals surface area contributed by atoms with Crippen LogP contribution >= 0.6 is 0 Å². The number of likely N-dealkylation sites (tertiary alicyclic amines) is 1. The molecule has 0 spiro atoms. The van der Waals surface area contributed by atoms with Crippen LogP contribution in [0.5, 0.6) is 0 Å². The van der Waals surface area contributed by atoms with Crippen LogP contribution in [0.15, 0.2) is 24.4 Å². The zero-order valence-corrected chi connectivity index (χ0v) is 17.2. The van der Waals surface area contributed by atoms with E-state index in [1.165, 1.54) is 22.0 Å². The van der Waals surface area contributed by atoms with Crippen LogP contribution in [0.25, 0.3) is 10.9 Å². The number of methoxy groups -OCH3 is 1. The predicted molar refractivity (Wildman–Crippen MR) is 109 cm³/mol. The van der Waals surface area contributed by atoms with Gasteiger partial charge in [0.2, 0.25) is 5.91 Å². The highest BCUT2D eigenvalue weighted by atomic mass is 16.5. The number of aliphatic hydroxyl groups excluding tert-OH is 1. The minimum Gasteiger partial charge on any atom is -0.394 e. The number of hydrogen-bond donors (Lipinski definition) is 2. The SMILES string of the molecule is CC[C@@H](CO)NC(=O)[C@H]1CN(C)[C@@H]2Cc3cn(C)c4cccc(c34)[C@@]2(OC)C1. The van der Waals surface area contributed by atoms with Crippen molar-refractivity contribution in [3.63, 3.8) is 0 Å². The van der Waals surface area contributed by atoms with E-state index in [1.807, 2.05) is 6.92 Å². The monoisotopic (exact) mass is 385 g/mol. The number of carbonyl (C=O) groups is 1. The molecule has 0 bridgehead atoms. The van der Waals surface area contributed by atoms with Crippen molar-refractivity contribution in [1.29, 1.82) is 0 Å². The van der Waals surface area contributed by atoms with Crippen LogP contribution in [-0.2, 0) is 28.6 Å². The molecule has 2 aliphatic rings. The molecule has 1 aliphatic carbocycles. The van der Waals surface area contributed by atoms with Gasteiger partial charge in [0, 0.05) is 43.8 Å². The molecule has 1 saturated heterocycles. The lowest BCUT2D eigenvalue weighted by molar-refractivity contribution is -0.148. The Labute approximate surface area is 166 Å². The first-order chi connectivity index (χ1) is 13.4. The summed E-state index contributed by atoms with van der Waals surface area (Å²) in [5.74, 6) is -0.170. The zero-order chi connectivity index (χ0) is 20.1. The van der Waals surface area contributed by atoms with Crippen LogP contribution < -0.4 is 5.32 Å². The summed E-state index contributed by atoms with van der Waals surface area (Å²) in [6, 6.07) is 6.41. The van der Waals surface area contributed by atoms with Gasteiger partial charge in [-0.25, -0.2) is 0 Å². The van der Waals surface area contributed by atoms with Crippen LogP contribution in [-0.4, -0.2) is 59.9 Å². The van der Waals surface area contributed by atoms with Gasteiger partial charge in [-0.3, -0.25) is 9.69 Å². The van der Waals surface area contributed by atoms with Crippen molar-refractivity contribution in [2.75, 3.05) is 27.3 Å². The molecule has 4 rings (SSSR count). The first-order valence-electron chi connectivity index (χ1n) is 10.2. The Kier molecular flexibility index (Phi) is 4.98. The van der Waals surface area contributed by atoms with Crippen LogP contribution in [0, 0.1) is 5.92 Å². The van der Waals surface area contributed by atoms with Gasteiger partial charge in [-0.1, -0.05) is 19.1 Å². The van der Waals surface area contributed by atoms with Crippen LogP contribution in [0.3, 0.4) is 0 Å². The molecular weight excluding hydrogens is 354 g/mol. The summed E-state index contributed by atoms with van der Waals surface area (Å²) in [5.41, 5.74) is 3.25. The summed E-state index contributed by atoms with van der Waals surface area (Å²) in [6.45, 7) is 2.64. The molecule has 1 aliphatic heterocycles. The summed E-state index contributed by atoms with van der Waals surface area (Å²) in [5, 5.41) is 13.8. The van der Waals surface area contributed by atoms with Crippen molar-refractivity contribution in [1.82, 2.24) is 14.8 Å². The third kappa shape index (κ3) is 2.78. The lowest BCUT2D eigenvalue weighted by atomic mass is 9.68. The number of amides is 1. The fourth-order valence-corrected chi connectivity index (χ4v) is 5.36. The molecule has 0 unspecified atom stereocenters. The van der Waals surface area contributed by atoms with Crippen LogP contribution in [0.2, 0.25) is 0 Å². The highest BCUT2D eigenvalue weighted by Gasteiger charge is 2.53. The summed E-state index contributed by atoms with van der Waals surface area (Å²) in [7, 11) is 5.95. The summed E-state index contributed by atoms with van der Waals surface area (Å²) >= 11 is 0. The number of fused-ring (bicyclic) bond motifs is 2. The van der Waals surface area contributed by atoms with Gasteiger partial charge >= 0.3 is 0 Å². The van der Waals surface area contributed by atoms with Gasteiger partial charge in [0.25, 0.3) is 0 Å².